The van der Waals surface area contributed by atoms with Gasteiger partial charge in [-0.1, -0.05) is 18.2 Å². The molecule has 1 fully saturated rings. The van der Waals surface area contributed by atoms with Gasteiger partial charge in [-0.15, -0.1) is 0 Å². The minimum absolute atomic E-state index is 0.0923. The zero-order valence-electron chi connectivity index (χ0n) is 13.9. The molecule has 3 rings (SSSR count). The number of amides is 1. The summed E-state index contributed by atoms with van der Waals surface area (Å²) in [5.41, 5.74) is -0.663. The van der Waals surface area contributed by atoms with E-state index in [0.29, 0.717) is 10.1 Å². The van der Waals surface area contributed by atoms with Crippen LogP contribution in [0.1, 0.15) is 23.0 Å². The molecular weight excluding hydrogens is 367 g/mol. The van der Waals surface area contributed by atoms with Crippen LogP contribution in [0.5, 0.6) is 0 Å². The minimum atomic E-state index is -4.60. The number of hydrogen-bond donors (Lipinski definition) is 2. The van der Waals surface area contributed by atoms with E-state index < -0.39 is 49.1 Å². The third-order valence-electron chi connectivity index (χ3n) is 4.20. The summed E-state index contributed by atoms with van der Waals surface area (Å²) in [6, 6.07) is 9.39. The first kappa shape index (κ1) is 19.1. The molecule has 27 heavy (non-hydrogen) atoms. The lowest BCUT2D eigenvalue weighted by atomic mass is 10.0. The number of hydrogen-bond acceptors (Lipinski definition) is 5. The Labute approximate surface area is 151 Å². The molecule has 0 unspecified atom stereocenters. The first-order valence-electron chi connectivity index (χ1n) is 8.08. The van der Waals surface area contributed by atoms with Gasteiger partial charge in [-0.3, -0.25) is 9.36 Å². The predicted octanol–water partition coefficient (Wildman–Crippen LogP) is 1.95. The number of ether oxygens (including phenoxy) is 1. The first-order chi connectivity index (χ1) is 12.8. The third kappa shape index (κ3) is 4.17. The lowest BCUT2D eigenvalue weighted by Crippen LogP contribution is -2.35. The largest absolute Gasteiger partial charge is 0.396 e. The quantitative estimate of drug-likeness (QED) is 0.842. The van der Waals surface area contributed by atoms with Crippen molar-refractivity contribution in [1.82, 2.24) is 9.55 Å². The molecule has 2 N–H and O–H groups in total. The van der Waals surface area contributed by atoms with Crippen LogP contribution in [-0.4, -0.2) is 39.5 Å². The summed E-state index contributed by atoms with van der Waals surface area (Å²) in [6.45, 7) is -0.587. The van der Waals surface area contributed by atoms with Gasteiger partial charge in [0, 0.05) is 11.8 Å². The molecule has 3 atom stereocenters. The number of carbonyl (C=O) groups excluding carboxylic acids is 1. The molecule has 7 nitrogen and oxygen atoms in total. The number of aliphatic hydroxyl groups is 1. The third-order valence-corrected chi connectivity index (χ3v) is 4.20. The van der Waals surface area contributed by atoms with Crippen molar-refractivity contribution in [3.63, 3.8) is 0 Å². The maximum atomic E-state index is 13.2. The van der Waals surface area contributed by atoms with E-state index in [1.165, 1.54) is 6.07 Å². The average molecular weight is 383 g/mol. The molecule has 2 aromatic rings. The van der Waals surface area contributed by atoms with Gasteiger partial charge in [-0.25, -0.2) is 4.79 Å². The van der Waals surface area contributed by atoms with E-state index in [1.807, 2.05) is 0 Å². The zero-order valence-corrected chi connectivity index (χ0v) is 13.9. The summed E-state index contributed by atoms with van der Waals surface area (Å²) in [5, 5.41) is 11.5. The second-order valence-electron chi connectivity index (χ2n) is 6.04. The topological polar surface area (TPSA) is 93.5 Å². The number of rotatable bonds is 4. The van der Waals surface area contributed by atoms with Gasteiger partial charge >= 0.3 is 11.9 Å². The van der Waals surface area contributed by atoms with E-state index in [2.05, 4.69) is 10.3 Å². The number of nitrogens with zero attached hydrogens (tertiary/aromatic N) is 2. The molecule has 10 heteroatoms. The molecule has 144 valence electrons. The van der Waals surface area contributed by atoms with Gasteiger partial charge in [-0.05, 0) is 24.6 Å². The van der Waals surface area contributed by atoms with Crippen molar-refractivity contribution in [2.24, 2.45) is 5.92 Å². The molecule has 1 aliphatic heterocycles. The molecule has 0 radical (unpaired) electrons. The number of aromatic nitrogens is 2. The van der Waals surface area contributed by atoms with Crippen LogP contribution < -0.4 is 11.0 Å². The molecule has 0 spiro atoms. The fourth-order valence-corrected chi connectivity index (χ4v) is 2.87. The maximum absolute atomic E-state index is 13.2. The Hall–Kier alpha value is -2.72. The Morgan fingerprint density at radius 1 is 1.30 bits per heavy atom. The van der Waals surface area contributed by atoms with Crippen LogP contribution in [0.4, 0.5) is 19.0 Å². The molecule has 1 aromatic carbocycles. The van der Waals surface area contributed by atoms with Crippen molar-refractivity contribution in [2.75, 3.05) is 11.9 Å². The Balaban J connectivity index is 1.82. The normalized spacial score (nSPS) is 22.6. The van der Waals surface area contributed by atoms with Crippen molar-refractivity contribution in [2.45, 2.75) is 24.9 Å². The van der Waals surface area contributed by atoms with Crippen LogP contribution in [0.2, 0.25) is 0 Å². The summed E-state index contributed by atoms with van der Waals surface area (Å²) in [5.74, 6) is -2.55. The summed E-state index contributed by atoms with van der Waals surface area (Å²) in [7, 11) is 0. The Morgan fingerprint density at radius 3 is 2.59 bits per heavy atom. The van der Waals surface area contributed by atoms with Crippen molar-refractivity contribution in [3.05, 3.63) is 58.6 Å². The van der Waals surface area contributed by atoms with Gasteiger partial charge < -0.3 is 15.2 Å². The van der Waals surface area contributed by atoms with Gasteiger partial charge in [0.25, 0.3) is 5.91 Å². The number of aliphatic hydroxyl groups excluding tert-OH is 1. The van der Waals surface area contributed by atoms with Crippen molar-refractivity contribution in [3.8, 4) is 0 Å². The Morgan fingerprint density at radius 2 is 2.00 bits per heavy atom. The maximum Gasteiger partial charge on any atom is 0.396 e. The van der Waals surface area contributed by atoms with Crippen LogP contribution in [0.3, 0.4) is 0 Å². The van der Waals surface area contributed by atoms with E-state index >= 15 is 0 Å². The number of nitrogens with one attached hydrogen (secondary N) is 1. The zero-order chi connectivity index (χ0) is 19.6. The molecule has 0 bridgehead atoms. The van der Waals surface area contributed by atoms with Crippen LogP contribution in [0.15, 0.2) is 47.4 Å². The number of halogens is 3. The van der Waals surface area contributed by atoms with Gasteiger partial charge in [-0.2, -0.15) is 18.2 Å². The first-order valence-corrected chi connectivity index (χ1v) is 8.08. The van der Waals surface area contributed by atoms with E-state index in [4.69, 9.17) is 9.84 Å². The van der Waals surface area contributed by atoms with Crippen molar-refractivity contribution < 1.29 is 27.8 Å². The highest BCUT2D eigenvalue weighted by Crippen LogP contribution is 2.44. The summed E-state index contributed by atoms with van der Waals surface area (Å²) in [6.07, 6.45) is -6.62. The molecule has 0 aliphatic carbocycles. The monoisotopic (exact) mass is 383 g/mol. The molecule has 1 aromatic heterocycles. The lowest BCUT2D eigenvalue weighted by molar-refractivity contribution is -0.198. The molecule has 1 aliphatic rings. The average Bonchev–Trinajstić information content (AvgIpc) is 3.07. The van der Waals surface area contributed by atoms with E-state index in [1.54, 1.807) is 30.3 Å². The Kier molecular flexibility index (Phi) is 5.29. The highest BCUT2D eigenvalue weighted by molar-refractivity contribution is 6.03. The summed E-state index contributed by atoms with van der Waals surface area (Å²) in [4.78, 5) is 27.9. The highest BCUT2D eigenvalue weighted by Gasteiger charge is 2.52. The van der Waals surface area contributed by atoms with Crippen molar-refractivity contribution >= 4 is 11.7 Å². The predicted molar refractivity (Wildman–Crippen MR) is 88.0 cm³/mol. The highest BCUT2D eigenvalue weighted by atomic mass is 19.4. The van der Waals surface area contributed by atoms with Crippen LogP contribution in [-0.2, 0) is 4.74 Å². The van der Waals surface area contributed by atoms with Crippen LogP contribution >= 0.6 is 0 Å². The molecule has 1 amide bonds. The molecule has 1 saturated heterocycles. The van der Waals surface area contributed by atoms with Gasteiger partial charge in [0.15, 0.2) is 0 Å². The summed E-state index contributed by atoms with van der Waals surface area (Å²) >= 11 is 0. The van der Waals surface area contributed by atoms with E-state index in [9.17, 15) is 22.8 Å². The second-order valence-corrected chi connectivity index (χ2v) is 6.04. The fourth-order valence-electron chi connectivity index (χ4n) is 2.87. The Bertz CT molecular complexity index is 870. The second kappa shape index (κ2) is 7.49. The molecule has 0 saturated carbocycles. The lowest BCUT2D eigenvalue weighted by Gasteiger charge is -2.22. The minimum Gasteiger partial charge on any atom is -0.394 e. The molecule has 2 heterocycles. The van der Waals surface area contributed by atoms with Crippen LogP contribution in [0.25, 0.3) is 0 Å². The number of anilines is 1. The smallest absolute Gasteiger partial charge is 0.394 e. The standard InChI is InChI=1S/C17H16F3N3O4/c18-17(19,20)12-8-11(9-24)27-15(12)23-7-6-13(22-16(23)26)21-14(25)10-4-2-1-3-5-10/h1-7,11-12,15,24H,8-9H2,(H,21,22,25,26)/t11-,12+,15-/m0/s1. The van der Waals surface area contributed by atoms with Gasteiger partial charge in [0.1, 0.15) is 18.0 Å². The van der Waals surface area contributed by atoms with Crippen molar-refractivity contribution in [1.29, 1.82) is 0 Å². The SMILES string of the molecule is O=C(Nc1ccn([C@H]2O[C@H](CO)C[C@H]2C(F)(F)F)c(=O)n1)c1ccccc1. The summed E-state index contributed by atoms with van der Waals surface area (Å²) < 4.78 is 45.6. The molecular formula is C17H16F3N3O4. The van der Waals surface area contributed by atoms with Gasteiger partial charge in [0.05, 0.1) is 12.7 Å². The number of alkyl halides is 3. The van der Waals surface area contributed by atoms with Gasteiger partial charge in [0.2, 0.25) is 0 Å². The van der Waals surface area contributed by atoms with Crippen LogP contribution in [0, 0.1) is 5.92 Å². The van der Waals surface area contributed by atoms with E-state index in [-0.39, 0.29) is 5.82 Å². The number of carbonyl (C=O) groups is 1. The van der Waals surface area contributed by atoms with E-state index in [0.717, 1.165) is 6.20 Å². The fraction of sp³-hybridized carbons (Fsp3) is 0.353. The number of benzene rings is 1.